The van der Waals surface area contributed by atoms with Crippen molar-refractivity contribution < 1.29 is 14.7 Å². The lowest BCUT2D eigenvalue weighted by molar-refractivity contribution is -0.122. The fourth-order valence-electron chi connectivity index (χ4n) is 1.47. The molecule has 0 fully saturated rings. The zero-order valence-corrected chi connectivity index (χ0v) is 12.6. The first kappa shape index (κ1) is 16.2. The topological polar surface area (TPSA) is 78.4 Å². The molecule has 5 nitrogen and oxygen atoms in total. The van der Waals surface area contributed by atoms with Gasteiger partial charge in [0, 0.05) is 13.5 Å². The zero-order chi connectivity index (χ0) is 15.1. The molecule has 0 aliphatic heterocycles. The summed E-state index contributed by atoms with van der Waals surface area (Å²) < 4.78 is 0. The quantitative estimate of drug-likeness (QED) is 0.714. The van der Waals surface area contributed by atoms with Crippen LogP contribution in [-0.2, 0) is 4.79 Å². The van der Waals surface area contributed by atoms with Crippen LogP contribution in [0.15, 0.2) is 6.07 Å². The fourth-order valence-corrected chi connectivity index (χ4v) is 2.42. The molecule has 3 N–H and O–H groups in total. The first-order valence-corrected chi connectivity index (χ1v) is 7.03. The van der Waals surface area contributed by atoms with Gasteiger partial charge >= 0.3 is 0 Å². The second-order valence-corrected chi connectivity index (χ2v) is 5.26. The molecule has 0 bridgehead atoms. The van der Waals surface area contributed by atoms with E-state index >= 15 is 0 Å². The number of thiophene rings is 1. The van der Waals surface area contributed by atoms with Crippen LogP contribution in [0.3, 0.4) is 0 Å². The Hall–Kier alpha value is -1.84. The van der Waals surface area contributed by atoms with Gasteiger partial charge in [-0.1, -0.05) is 11.8 Å². The molecular formula is C14H18N2O3S. The minimum absolute atomic E-state index is 0.0222. The maximum Gasteiger partial charge on any atom is 0.262 e. The number of amides is 2. The monoisotopic (exact) mass is 294 g/mol. The molecule has 1 aromatic heterocycles. The largest absolute Gasteiger partial charge is 0.395 e. The van der Waals surface area contributed by atoms with Gasteiger partial charge in [-0.15, -0.1) is 11.3 Å². The highest BCUT2D eigenvalue weighted by Gasteiger charge is 2.17. The van der Waals surface area contributed by atoms with Crippen LogP contribution in [0.4, 0.5) is 0 Å². The van der Waals surface area contributed by atoms with E-state index in [-0.39, 0.29) is 18.4 Å². The molecule has 0 aliphatic rings. The number of rotatable bonds is 4. The maximum atomic E-state index is 12.0. The van der Waals surface area contributed by atoms with Crippen molar-refractivity contribution in [2.24, 2.45) is 0 Å². The highest BCUT2D eigenvalue weighted by molar-refractivity contribution is 7.14. The van der Waals surface area contributed by atoms with Crippen molar-refractivity contribution in [3.63, 3.8) is 0 Å². The summed E-state index contributed by atoms with van der Waals surface area (Å²) in [6.07, 6.45) is 0.409. The number of hydrogen-bond acceptors (Lipinski definition) is 4. The standard InChI is InChI=1S/C14H18N2O3S/c1-9-8-12(20-11(9)6-4-5-7-17)14(19)16-10(2)13(18)15-3/h8,10,17H,5,7H2,1-3H3,(H,15,18)(H,16,19). The highest BCUT2D eigenvalue weighted by Crippen LogP contribution is 2.21. The fraction of sp³-hybridized carbons (Fsp3) is 0.429. The molecule has 1 unspecified atom stereocenters. The van der Waals surface area contributed by atoms with Gasteiger partial charge in [0.15, 0.2) is 0 Å². The number of hydrogen-bond donors (Lipinski definition) is 3. The van der Waals surface area contributed by atoms with Gasteiger partial charge in [-0.25, -0.2) is 0 Å². The van der Waals surface area contributed by atoms with Crippen LogP contribution >= 0.6 is 11.3 Å². The van der Waals surface area contributed by atoms with E-state index in [9.17, 15) is 9.59 Å². The SMILES string of the molecule is CNC(=O)C(C)NC(=O)c1cc(C)c(C#CCCO)s1. The molecule has 6 heteroatoms. The van der Waals surface area contributed by atoms with Crippen molar-refractivity contribution in [3.05, 3.63) is 21.4 Å². The third kappa shape index (κ3) is 4.37. The van der Waals surface area contributed by atoms with Crippen molar-refractivity contribution >= 4 is 23.2 Å². The average Bonchev–Trinajstić information content (AvgIpc) is 2.79. The number of carbonyl (C=O) groups is 2. The molecule has 1 heterocycles. The van der Waals surface area contributed by atoms with Crippen molar-refractivity contribution in [1.82, 2.24) is 10.6 Å². The number of likely N-dealkylation sites (N-methyl/N-ethyl adjacent to an activating group) is 1. The first-order valence-electron chi connectivity index (χ1n) is 6.22. The smallest absolute Gasteiger partial charge is 0.262 e. The minimum Gasteiger partial charge on any atom is -0.395 e. The van der Waals surface area contributed by atoms with Gasteiger partial charge in [0.1, 0.15) is 6.04 Å². The summed E-state index contributed by atoms with van der Waals surface area (Å²) in [5, 5.41) is 13.8. The Morgan fingerprint density at radius 1 is 1.50 bits per heavy atom. The van der Waals surface area contributed by atoms with Crippen LogP contribution in [0.2, 0.25) is 0 Å². The van der Waals surface area contributed by atoms with E-state index in [4.69, 9.17) is 5.11 Å². The van der Waals surface area contributed by atoms with Gasteiger partial charge in [-0.2, -0.15) is 0 Å². The number of aryl methyl sites for hydroxylation is 1. The zero-order valence-electron chi connectivity index (χ0n) is 11.7. The van der Waals surface area contributed by atoms with Crippen LogP contribution < -0.4 is 10.6 Å². The molecule has 0 saturated carbocycles. The molecule has 1 aromatic rings. The summed E-state index contributed by atoms with van der Waals surface area (Å²) in [6.45, 7) is 3.52. The van der Waals surface area contributed by atoms with Crippen molar-refractivity contribution in [2.75, 3.05) is 13.7 Å². The van der Waals surface area contributed by atoms with Gasteiger partial charge in [0.05, 0.1) is 16.4 Å². The number of nitrogens with one attached hydrogen (secondary N) is 2. The summed E-state index contributed by atoms with van der Waals surface area (Å²) in [5.74, 6) is 5.22. The highest BCUT2D eigenvalue weighted by atomic mass is 32.1. The van der Waals surface area contributed by atoms with Crippen LogP contribution in [0.5, 0.6) is 0 Å². The lowest BCUT2D eigenvalue weighted by Gasteiger charge is -2.10. The lowest BCUT2D eigenvalue weighted by Crippen LogP contribution is -2.43. The van der Waals surface area contributed by atoms with Crippen LogP contribution in [-0.4, -0.2) is 36.6 Å². The molecule has 1 atom stereocenters. The Morgan fingerprint density at radius 3 is 2.80 bits per heavy atom. The van der Waals surface area contributed by atoms with Crippen molar-refractivity contribution in [1.29, 1.82) is 0 Å². The summed E-state index contributed by atoms with van der Waals surface area (Å²) >= 11 is 1.28. The van der Waals surface area contributed by atoms with Gasteiger partial charge in [0.25, 0.3) is 5.91 Å². The van der Waals surface area contributed by atoms with E-state index in [1.165, 1.54) is 18.4 Å². The predicted octanol–water partition coefficient (Wildman–Crippen LogP) is 0.655. The summed E-state index contributed by atoms with van der Waals surface area (Å²) in [5.41, 5.74) is 0.915. The Morgan fingerprint density at radius 2 is 2.20 bits per heavy atom. The Kier molecular flexibility index (Phi) is 6.22. The molecule has 0 radical (unpaired) electrons. The Labute approximate surface area is 122 Å². The van der Waals surface area contributed by atoms with E-state index < -0.39 is 6.04 Å². The van der Waals surface area contributed by atoms with E-state index in [1.54, 1.807) is 13.0 Å². The van der Waals surface area contributed by atoms with Gasteiger partial charge in [-0.05, 0) is 25.5 Å². The van der Waals surface area contributed by atoms with Gasteiger partial charge in [0.2, 0.25) is 5.91 Å². The van der Waals surface area contributed by atoms with Gasteiger partial charge < -0.3 is 15.7 Å². The third-order valence-electron chi connectivity index (χ3n) is 2.57. The van der Waals surface area contributed by atoms with Crippen molar-refractivity contribution in [3.8, 4) is 11.8 Å². The maximum absolute atomic E-state index is 12.0. The summed E-state index contributed by atoms with van der Waals surface area (Å²) in [7, 11) is 1.52. The number of aliphatic hydroxyl groups excluding tert-OH is 1. The van der Waals surface area contributed by atoms with Gasteiger partial charge in [-0.3, -0.25) is 9.59 Å². The lowest BCUT2D eigenvalue weighted by atomic mass is 10.2. The summed E-state index contributed by atoms with van der Waals surface area (Å²) in [4.78, 5) is 24.7. The van der Waals surface area contributed by atoms with E-state index in [0.29, 0.717) is 11.3 Å². The minimum atomic E-state index is -0.584. The van der Waals surface area contributed by atoms with Crippen LogP contribution in [0.25, 0.3) is 0 Å². The third-order valence-corrected chi connectivity index (χ3v) is 3.72. The normalized spacial score (nSPS) is 11.2. The Bertz CT molecular complexity index is 555. The Balaban J connectivity index is 2.78. The second kappa shape index (κ2) is 7.68. The number of carbonyl (C=O) groups excluding carboxylic acids is 2. The van der Waals surface area contributed by atoms with E-state index in [1.807, 2.05) is 6.92 Å². The molecule has 20 heavy (non-hydrogen) atoms. The molecule has 0 saturated heterocycles. The molecular weight excluding hydrogens is 276 g/mol. The summed E-state index contributed by atoms with van der Waals surface area (Å²) in [6, 6.07) is 1.17. The molecule has 108 valence electrons. The second-order valence-electron chi connectivity index (χ2n) is 4.21. The molecule has 0 aromatic carbocycles. The predicted molar refractivity (Wildman–Crippen MR) is 78.6 cm³/mol. The average molecular weight is 294 g/mol. The van der Waals surface area contributed by atoms with E-state index in [2.05, 4.69) is 22.5 Å². The molecule has 0 spiro atoms. The van der Waals surface area contributed by atoms with Crippen molar-refractivity contribution in [2.45, 2.75) is 26.3 Å². The molecule has 2 amide bonds. The molecule has 0 aliphatic carbocycles. The first-order chi connectivity index (χ1) is 9.49. The van der Waals surface area contributed by atoms with E-state index in [0.717, 1.165) is 10.4 Å². The van der Waals surface area contributed by atoms with Crippen LogP contribution in [0.1, 0.15) is 33.5 Å². The number of aliphatic hydroxyl groups is 1. The molecule has 1 rings (SSSR count). The van der Waals surface area contributed by atoms with Crippen LogP contribution in [0, 0.1) is 18.8 Å².